The standard InChI is InChI=1S/C15H26N4/c1-18-11-14(10-17-18)19-9-5-8-16-15(12-19)13-6-3-2-4-7-13/h10-11,13,15-16H,2-9,12H2,1H3. The van der Waals surface area contributed by atoms with Gasteiger partial charge < -0.3 is 10.2 Å². The quantitative estimate of drug-likeness (QED) is 0.886. The Bertz CT molecular complexity index is 395. The summed E-state index contributed by atoms with van der Waals surface area (Å²) in [4.78, 5) is 2.52. The molecule has 19 heavy (non-hydrogen) atoms. The summed E-state index contributed by atoms with van der Waals surface area (Å²) in [5, 5.41) is 8.10. The number of nitrogens with one attached hydrogen (secondary N) is 1. The van der Waals surface area contributed by atoms with Crippen molar-refractivity contribution in [3.05, 3.63) is 12.4 Å². The van der Waals surface area contributed by atoms with E-state index >= 15 is 0 Å². The Balaban J connectivity index is 1.68. The van der Waals surface area contributed by atoms with Gasteiger partial charge in [0.25, 0.3) is 0 Å². The number of aryl methyl sites for hydroxylation is 1. The first-order chi connectivity index (χ1) is 9.33. The van der Waals surface area contributed by atoms with Gasteiger partial charge in [0.05, 0.1) is 11.9 Å². The van der Waals surface area contributed by atoms with Gasteiger partial charge in [-0.25, -0.2) is 0 Å². The lowest BCUT2D eigenvalue weighted by Crippen LogP contribution is -2.43. The molecule has 0 bridgehead atoms. The molecule has 3 rings (SSSR count). The largest absolute Gasteiger partial charge is 0.367 e. The summed E-state index contributed by atoms with van der Waals surface area (Å²) in [6.07, 6.45) is 12.5. The number of hydrogen-bond acceptors (Lipinski definition) is 3. The van der Waals surface area contributed by atoms with Crippen molar-refractivity contribution in [1.82, 2.24) is 15.1 Å². The highest BCUT2D eigenvalue weighted by atomic mass is 15.3. The van der Waals surface area contributed by atoms with E-state index < -0.39 is 0 Å². The highest BCUT2D eigenvalue weighted by Crippen LogP contribution is 2.28. The van der Waals surface area contributed by atoms with Gasteiger partial charge in [-0.15, -0.1) is 0 Å². The first-order valence-corrected chi connectivity index (χ1v) is 7.80. The molecule has 4 heteroatoms. The molecule has 106 valence electrons. The summed E-state index contributed by atoms with van der Waals surface area (Å²) >= 11 is 0. The molecular weight excluding hydrogens is 236 g/mol. The fourth-order valence-corrected chi connectivity index (χ4v) is 3.61. The van der Waals surface area contributed by atoms with E-state index in [1.165, 1.54) is 44.2 Å². The van der Waals surface area contributed by atoms with Crippen LogP contribution in [0, 0.1) is 5.92 Å². The van der Waals surface area contributed by atoms with Crippen LogP contribution in [0.5, 0.6) is 0 Å². The lowest BCUT2D eigenvalue weighted by Gasteiger charge is -2.33. The zero-order valence-electron chi connectivity index (χ0n) is 12.0. The third kappa shape index (κ3) is 3.11. The highest BCUT2D eigenvalue weighted by Gasteiger charge is 2.27. The van der Waals surface area contributed by atoms with Crippen molar-refractivity contribution in [3.8, 4) is 0 Å². The molecule has 2 fully saturated rings. The summed E-state index contributed by atoms with van der Waals surface area (Å²) < 4.78 is 1.91. The lowest BCUT2D eigenvalue weighted by molar-refractivity contribution is 0.277. The van der Waals surface area contributed by atoms with E-state index in [2.05, 4.69) is 21.5 Å². The van der Waals surface area contributed by atoms with Crippen LogP contribution in [-0.4, -0.2) is 35.5 Å². The maximum Gasteiger partial charge on any atom is 0.0752 e. The Hall–Kier alpha value is -1.03. The fraction of sp³-hybridized carbons (Fsp3) is 0.800. The van der Waals surface area contributed by atoms with Gasteiger partial charge in [0, 0.05) is 32.4 Å². The monoisotopic (exact) mass is 262 g/mol. The van der Waals surface area contributed by atoms with Gasteiger partial charge >= 0.3 is 0 Å². The molecule has 1 unspecified atom stereocenters. The number of nitrogens with zero attached hydrogens (tertiary/aromatic N) is 3. The minimum atomic E-state index is 0.669. The second-order valence-electron chi connectivity index (χ2n) is 6.13. The van der Waals surface area contributed by atoms with Crippen molar-refractivity contribution < 1.29 is 0 Å². The summed E-state index contributed by atoms with van der Waals surface area (Å²) in [6, 6.07) is 0.669. The second-order valence-corrected chi connectivity index (χ2v) is 6.13. The smallest absolute Gasteiger partial charge is 0.0752 e. The number of hydrogen-bond donors (Lipinski definition) is 1. The summed E-state index contributed by atoms with van der Waals surface area (Å²) in [5.74, 6) is 0.881. The zero-order valence-corrected chi connectivity index (χ0v) is 12.0. The molecule has 1 aromatic heterocycles. The number of anilines is 1. The first-order valence-electron chi connectivity index (χ1n) is 7.80. The molecule has 1 N–H and O–H groups in total. The average molecular weight is 262 g/mol. The van der Waals surface area contributed by atoms with E-state index in [0.29, 0.717) is 6.04 Å². The van der Waals surface area contributed by atoms with Crippen molar-refractivity contribution in [3.63, 3.8) is 0 Å². The maximum atomic E-state index is 4.31. The molecule has 1 aliphatic carbocycles. The van der Waals surface area contributed by atoms with Crippen molar-refractivity contribution in [2.24, 2.45) is 13.0 Å². The van der Waals surface area contributed by atoms with E-state index in [9.17, 15) is 0 Å². The Morgan fingerprint density at radius 3 is 2.79 bits per heavy atom. The molecule has 1 aliphatic heterocycles. The minimum Gasteiger partial charge on any atom is -0.367 e. The molecule has 1 saturated carbocycles. The van der Waals surface area contributed by atoms with Gasteiger partial charge in [-0.3, -0.25) is 4.68 Å². The van der Waals surface area contributed by atoms with Gasteiger partial charge in [-0.2, -0.15) is 5.10 Å². The predicted octanol–water partition coefficient (Wildman–Crippen LogP) is 2.17. The Morgan fingerprint density at radius 1 is 1.21 bits per heavy atom. The molecule has 1 aromatic rings. The summed E-state index contributed by atoms with van der Waals surface area (Å²) in [5.41, 5.74) is 1.28. The number of aromatic nitrogens is 2. The van der Waals surface area contributed by atoms with Gasteiger partial charge in [-0.1, -0.05) is 19.3 Å². The highest BCUT2D eigenvalue weighted by molar-refractivity contribution is 5.42. The van der Waals surface area contributed by atoms with Crippen molar-refractivity contribution in [1.29, 1.82) is 0 Å². The molecular formula is C15H26N4. The van der Waals surface area contributed by atoms with E-state index in [4.69, 9.17) is 0 Å². The first kappa shape index (κ1) is 13.0. The molecule has 0 radical (unpaired) electrons. The molecule has 0 aromatic carbocycles. The summed E-state index contributed by atoms with van der Waals surface area (Å²) in [7, 11) is 2.00. The molecule has 4 nitrogen and oxygen atoms in total. The van der Waals surface area contributed by atoms with Crippen LogP contribution in [0.15, 0.2) is 12.4 Å². The summed E-state index contributed by atoms with van der Waals surface area (Å²) in [6.45, 7) is 3.47. The Kier molecular flexibility index (Phi) is 4.06. The topological polar surface area (TPSA) is 33.1 Å². The molecule has 2 aliphatic rings. The average Bonchev–Trinajstić information content (AvgIpc) is 2.74. The predicted molar refractivity (Wildman–Crippen MR) is 78.4 cm³/mol. The molecule has 0 amide bonds. The molecule has 0 spiro atoms. The minimum absolute atomic E-state index is 0.669. The Labute approximate surface area is 116 Å². The lowest BCUT2D eigenvalue weighted by atomic mass is 9.83. The van der Waals surface area contributed by atoms with Crippen molar-refractivity contribution in [2.75, 3.05) is 24.5 Å². The van der Waals surface area contributed by atoms with Crippen molar-refractivity contribution >= 4 is 5.69 Å². The van der Waals surface area contributed by atoms with Crippen LogP contribution >= 0.6 is 0 Å². The van der Waals surface area contributed by atoms with Gasteiger partial charge in [0.1, 0.15) is 0 Å². The molecule has 1 saturated heterocycles. The fourth-order valence-electron chi connectivity index (χ4n) is 3.61. The van der Waals surface area contributed by atoms with Crippen LogP contribution in [0.2, 0.25) is 0 Å². The molecule has 2 heterocycles. The SMILES string of the molecule is Cn1cc(N2CCCNC(C3CCCCC3)C2)cn1. The number of rotatable bonds is 2. The zero-order chi connectivity index (χ0) is 13.1. The third-order valence-electron chi connectivity index (χ3n) is 4.70. The maximum absolute atomic E-state index is 4.31. The van der Waals surface area contributed by atoms with Crippen LogP contribution < -0.4 is 10.2 Å². The van der Waals surface area contributed by atoms with Crippen LogP contribution in [0.4, 0.5) is 5.69 Å². The van der Waals surface area contributed by atoms with Crippen LogP contribution in [-0.2, 0) is 7.05 Å². The van der Waals surface area contributed by atoms with Crippen LogP contribution in [0.3, 0.4) is 0 Å². The van der Waals surface area contributed by atoms with Crippen molar-refractivity contribution in [2.45, 2.75) is 44.6 Å². The van der Waals surface area contributed by atoms with Gasteiger partial charge in [0.15, 0.2) is 0 Å². The van der Waals surface area contributed by atoms with Gasteiger partial charge in [0.2, 0.25) is 0 Å². The van der Waals surface area contributed by atoms with E-state index in [0.717, 1.165) is 25.6 Å². The van der Waals surface area contributed by atoms with Crippen LogP contribution in [0.1, 0.15) is 38.5 Å². The van der Waals surface area contributed by atoms with E-state index in [1.54, 1.807) is 0 Å². The third-order valence-corrected chi connectivity index (χ3v) is 4.70. The van der Waals surface area contributed by atoms with Crippen LogP contribution in [0.25, 0.3) is 0 Å². The van der Waals surface area contributed by atoms with E-state index in [1.807, 2.05) is 17.9 Å². The normalized spacial score (nSPS) is 26.4. The van der Waals surface area contributed by atoms with E-state index in [-0.39, 0.29) is 0 Å². The molecule has 1 atom stereocenters. The Morgan fingerprint density at radius 2 is 2.05 bits per heavy atom. The van der Waals surface area contributed by atoms with Gasteiger partial charge in [-0.05, 0) is 31.7 Å². The second kappa shape index (κ2) is 5.95.